The first-order valence-electron chi connectivity index (χ1n) is 13.2. The highest BCUT2D eigenvalue weighted by molar-refractivity contribution is 5.94. The number of ether oxygens (including phenoxy) is 2. The molecule has 0 spiro atoms. The molecule has 5 heteroatoms. The fourth-order valence-electron chi connectivity index (χ4n) is 4.65. The second-order valence-electron chi connectivity index (χ2n) is 9.42. The summed E-state index contributed by atoms with van der Waals surface area (Å²) in [6.45, 7) is 7.05. The van der Waals surface area contributed by atoms with Crippen LogP contribution in [0.25, 0.3) is 0 Å². The number of para-hydroxylation sites is 1. The van der Waals surface area contributed by atoms with E-state index in [2.05, 4.69) is 41.4 Å². The Morgan fingerprint density at radius 1 is 0.972 bits per heavy atom. The minimum absolute atomic E-state index is 0.0992. The summed E-state index contributed by atoms with van der Waals surface area (Å²) in [6.07, 6.45) is 5.27. The van der Waals surface area contributed by atoms with Crippen molar-refractivity contribution in [2.45, 2.75) is 45.6 Å². The Balaban J connectivity index is 1.45. The van der Waals surface area contributed by atoms with Crippen LogP contribution < -0.4 is 14.8 Å². The van der Waals surface area contributed by atoms with Crippen molar-refractivity contribution in [3.05, 3.63) is 95.1 Å². The van der Waals surface area contributed by atoms with E-state index in [-0.39, 0.29) is 5.91 Å². The molecule has 190 valence electrons. The van der Waals surface area contributed by atoms with Gasteiger partial charge in [-0.1, -0.05) is 49.4 Å². The molecule has 0 unspecified atom stereocenters. The monoisotopic (exact) mass is 486 g/mol. The van der Waals surface area contributed by atoms with Crippen LogP contribution in [0.5, 0.6) is 11.5 Å². The van der Waals surface area contributed by atoms with E-state index < -0.39 is 0 Å². The third kappa shape index (κ3) is 7.85. The molecule has 36 heavy (non-hydrogen) atoms. The largest absolute Gasteiger partial charge is 0.493 e. The van der Waals surface area contributed by atoms with Gasteiger partial charge < -0.3 is 14.8 Å². The number of hydrogen-bond donors (Lipinski definition) is 1. The van der Waals surface area contributed by atoms with E-state index in [0.29, 0.717) is 25.3 Å². The van der Waals surface area contributed by atoms with E-state index in [1.54, 1.807) is 0 Å². The molecule has 0 radical (unpaired) electrons. The number of nitrogens with one attached hydrogen (secondary N) is 1. The third-order valence-corrected chi connectivity index (χ3v) is 6.43. The molecule has 1 aliphatic heterocycles. The SMILES string of the molecule is CCCN1CCCCCOc2ccc(C(=O)NCCOc3ccccc3)cc2Cc2cccc(c2)C1. The fraction of sp³-hybridized carbons (Fsp3) is 0.387. The first-order chi connectivity index (χ1) is 17.7. The molecule has 1 N–H and O–H groups in total. The standard InChI is InChI=1S/C31H38N2O3/c1-2-17-33-18-7-4-8-19-36-30-15-14-27(23-28(30)22-25-10-9-11-26(21-25)24-33)31(34)32-16-20-35-29-12-5-3-6-13-29/h3,5-6,9-15,21,23H,2,4,7-8,16-20,22,24H2,1H3,(H,32,34). The quantitative estimate of drug-likeness (QED) is 0.425. The maximum atomic E-state index is 12.9. The highest BCUT2D eigenvalue weighted by Gasteiger charge is 2.13. The van der Waals surface area contributed by atoms with Gasteiger partial charge in [-0.2, -0.15) is 0 Å². The lowest BCUT2D eigenvalue weighted by Crippen LogP contribution is -2.28. The van der Waals surface area contributed by atoms with E-state index in [1.807, 2.05) is 48.5 Å². The number of hydrogen-bond acceptors (Lipinski definition) is 4. The molecule has 5 nitrogen and oxygen atoms in total. The van der Waals surface area contributed by atoms with Crippen LogP contribution in [-0.2, 0) is 13.0 Å². The predicted octanol–water partition coefficient (Wildman–Crippen LogP) is 5.86. The van der Waals surface area contributed by atoms with Crippen LogP contribution in [0.3, 0.4) is 0 Å². The molecule has 0 atom stereocenters. The zero-order chi connectivity index (χ0) is 25.0. The Labute approximate surface area is 215 Å². The molecule has 3 aromatic carbocycles. The van der Waals surface area contributed by atoms with Crippen molar-refractivity contribution in [2.24, 2.45) is 0 Å². The second-order valence-corrected chi connectivity index (χ2v) is 9.42. The van der Waals surface area contributed by atoms with Gasteiger partial charge in [0.05, 0.1) is 13.2 Å². The van der Waals surface area contributed by atoms with E-state index in [1.165, 1.54) is 24.0 Å². The summed E-state index contributed by atoms with van der Waals surface area (Å²) in [4.78, 5) is 15.4. The van der Waals surface area contributed by atoms with Crippen molar-refractivity contribution in [3.63, 3.8) is 0 Å². The van der Waals surface area contributed by atoms with Gasteiger partial charge in [0.2, 0.25) is 0 Å². The lowest BCUT2D eigenvalue weighted by molar-refractivity contribution is 0.0947. The maximum Gasteiger partial charge on any atom is 0.251 e. The average molecular weight is 487 g/mol. The van der Waals surface area contributed by atoms with Gasteiger partial charge >= 0.3 is 0 Å². The minimum Gasteiger partial charge on any atom is -0.493 e. The van der Waals surface area contributed by atoms with Crippen LogP contribution >= 0.6 is 0 Å². The van der Waals surface area contributed by atoms with Crippen LogP contribution in [0.4, 0.5) is 0 Å². The molecule has 1 amide bonds. The highest BCUT2D eigenvalue weighted by atomic mass is 16.5. The Bertz CT molecular complexity index is 1100. The molecular weight excluding hydrogens is 448 g/mol. The Kier molecular flexibility index (Phi) is 9.80. The summed E-state index contributed by atoms with van der Waals surface area (Å²) in [5.41, 5.74) is 4.26. The molecular formula is C31H38N2O3. The number of carbonyl (C=O) groups is 1. The number of carbonyl (C=O) groups excluding carboxylic acids is 1. The van der Waals surface area contributed by atoms with E-state index in [4.69, 9.17) is 9.47 Å². The summed E-state index contributed by atoms with van der Waals surface area (Å²) < 4.78 is 11.9. The number of benzene rings is 3. The Morgan fingerprint density at radius 3 is 2.69 bits per heavy atom. The van der Waals surface area contributed by atoms with Crippen molar-refractivity contribution < 1.29 is 14.3 Å². The Hall–Kier alpha value is -3.31. The van der Waals surface area contributed by atoms with Gasteiger partial charge in [-0.3, -0.25) is 9.69 Å². The molecule has 0 aromatic heterocycles. The van der Waals surface area contributed by atoms with Gasteiger partial charge in [0.25, 0.3) is 5.91 Å². The van der Waals surface area contributed by atoms with E-state index in [0.717, 1.165) is 56.0 Å². The molecule has 0 saturated heterocycles. The van der Waals surface area contributed by atoms with Gasteiger partial charge in [-0.25, -0.2) is 0 Å². The normalized spacial score (nSPS) is 14.7. The van der Waals surface area contributed by atoms with Crippen LogP contribution in [0.15, 0.2) is 72.8 Å². The van der Waals surface area contributed by atoms with E-state index in [9.17, 15) is 4.79 Å². The van der Waals surface area contributed by atoms with Crippen LogP contribution in [0.2, 0.25) is 0 Å². The third-order valence-electron chi connectivity index (χ3n) is 6.43. The van der Waals surface area contributed by atoms with E-state index >= 15 is 0 Å². The number of nitrogens with zero attached hydrogens (tertiary/aromatic N) is 1. The van der Waals surface area contributed by atoms with Gasteiger partial charge in [0, 0.05) is 18.5 Å². The molecule has 0 aliphatic carbocycles. The zero-order valence-electron chi connectivity index (χ0n) is 21.4. The Morgan fingerprint density at radius 2 is 1.83 bits per heavy atom. The lowest BCUT2D eigenvalue weighted by atomic mass is 9.99. The number of amides is 1. The summed E-state index contributed by atoms with van der Waals surface area (Å²) in [6, 6.07) is 24.2. The molecule has 0 saturated carbocycles. The van der Waals surface area contributed by atoms with Gasteiger partial charge in [-0.15, -0.1) is 0 Å². The van der Waals surface area contributed by atoms with Gasteiger partial charge in [0.15, 0.2) is 0 Å². The molecule has 0 fully saturated rings. The highest BCUT2D eigenvalue weighted by Crippen LogP contribution is 2.25. The van der Waals surface area contributed by atoms with Gasteiger partial charge in [-0.05, 0) is 85.8 Å². The maximum absolute atomic E-state index is 12.9. The zero-order valence-corrected chi connectivity index (χ0v) is 21.4. The number of fused-ring (bicyclic) bond motifs is 3. The molecule has 4 rings (SSSR count). The summed E-state index contributed by atoms with van der Waals surface area (Å²) in [7, 11) is 0. The van der Waals surface area contributed by atoms with Crippen molar-refractivity contribution in [2.75, 3.05) is 32.8 Å². The average Bonchev–Trinajstić information content (AvgIpc) is 2.89. The second kappa shape index (κ2) is 13.7. The molecule has 1 heterocycles. The van der Waals surface area contributed by atoms with Crippen molar-refractivity contribution in [3.8, 4) is 11.5 Å². The van der Waals surface area contributed by atoms with Crippen LogP contribution in [-0.4, -0.2) is 43.7 Å². The fourth-order valence-corrected chi connectivity index (χ4v) is 4.65. The van der Waals surface area contributed by atoms with Gasteiger partial charge in [0.1, 0.15) is 18.1 Å². The van der Waals surface area contributed by atoms with Crippen LogP contribution in [0, 0.1) is 0 Å². The molecule has 2 bridgehead atoms. The summed E-state index contributed by atoms with van der Waals surface area (Å²) in [5, 5.41) is 2.97. The first kappa shape index (κ1) is 25.8. The van der Waals surface area contributed by atoms with Crippen molar-refractivity contribution >= 4 is 5.91 Å². The number of rotatable bonds is 7. The summed E-state index contributed by atoms with van der Waals surface area (Å²) in [5.74, 6) is 1.57. The molecule has 1 aliphatic rings. The minimum atomic E-state index is -0.0992. The topological polar surface area (TPSA) is 50.8 Å². The van der Waals surface area contributed by atoms with Crippen molar-refractivity contribution in [1.82, 2.24) is 10.2 Å². The smallest absolute Gasteiger partial charge is 0.251 e. The molecule has 3 aromatic rings. The predicted molar refractivity (Wildman–Crippen MR) is 145 cm³/mol. The summed E-state index contributed by atoms with van der Waals surface area (Å²) >= 11 is 0. The van der Waals surface area contributed by atoms with Crippen molar-refractivity contribution in [1.29, 1.82) is 0 Å². The van der Waals surface area contributed by atoms with Crippen LogP contribution in [0.1, 0.15) is 59.7 Å². The first-order valence-corrected chi connectivity index (χ1v) is 13.2. The lowest BCUT2D eigenvalue weighted by Gasteiger charge is -2.22.